The predicted octanol–water partition coefficient (Wildman–Crippen LogP) is 4.74. The molecule has 2 rings (SSSR count). The lowest BCUT2D eigenvalue weighted by Crippen LogP contribution is -2.47. The minimum Gasteiger partial charge on any atom is -0.469 e. The van der Waals surface area contributed by atoms with E-state index in [1.54, 1.807) is 0 Å². The number of hydrogen-bond acceptors (Lipinski definition) is 3. The van der Waals surface area contributed by atoms with E-state index in [2.05, 4.69) is 33.8 Å². The highest BCUT2D eigenvalue weighted by Gasteiger charge is 2.52. The van der Waals surface area contributed by atoms with Crippen LogP contribution in [0, 0.1) is 28.6 Å². The van der Waals surface area contributed by atoms with E-state index in [0.717, 1.165) is 38.5 Å². The first-order valence-corrected chi connectivity index (χ1v) is 9.69. The summed E-state index contributed by atoms with van der Waals surface area (Å²) in [6, 6.07) is 0. The van der Waals surface area contributed by atoms with Gasteiger partial charge in [-0.25, -0.2) is 0 Å². The van der Waals surface area contributed by atoms with E-state index >= 15 is 0 Å². The van der Waals surface area contributed by atoms with Gasteiger partial charge in [0.15, 0.2) is 0 Å². The van der Waals surface area contributed by atoms with Gasteiger partial charge in [-0.2, -0.15) is 0 Å². The topological polar surface area (TPSA) is 46.5 Å². The Morgan fingerprint density at radius 3 is 2.71 bits per heavy atom. The van der Waals surface area contributed by atoms with E-state index in [4.69, 9.17) is 4.74 Å². The molecule has 0 heterocycles. The first-order chi connectivity index (χ1) is 11.3. The maximum absolute atomic E-state index is 12.5. The third-order valence-corrected chi connectivity index (χ3v) is 7.24. The second-order valence-electron chi connectivity index (χ2n) is 8.71. The van der Waals surface area contributed by atoms with Crippen molar-refractivity contribution in [2.45, 2.75) is 72.6 Å². The van der Waals surface area contributed by atoms with Crippen molar-refractivity contribution < 1.29 is 14.6 Å². The summed E-state index contributed by atoms with van der Waals surface area (Å²) in [5.74, 6) is 1.48. The highest BCUT2D eigenvalue weighted by molar-refractivity contribution is 5.77. The summed E-state index contributed by atoms with van der Waals surface area (Å²) in [4.78, 5) is 12.5. The van der Waals surface area contributed by atoms with E-state index < -0.39 is 0 Å². The number of rotatable bonds is 6. The van der Waals surface area contributed by atoms with E-state index in [-0.39, 0.29) is 23.4 Å². The Bertz CT molecular complexity index is 483. The molecule has 0 saturated heterocycles. The van der Waals surface area contributed by atoms with Crippen LogP contribution in [0.25, 0.3) is 0 Å². The van der Waals surface area contributed by atoms with Crippen LogP contribution in [0.15, 0.2) is 11.6 Å². The lowest BCUT2D eigenvalue weighted by molar-refractivity contribution is -0.156. The largest absolute Gasteiger partial charge is 0.469 e. The number of esters is 1. The minimum absolute atomic E-state index is 0.0383. The van der Waals surface area contributed by atoms with E-state index in [1.807, 2.05) is 0 Å². The van der Waals surface area contributed by atoms with Gasteiger partial charge in [0.1, 0.15) is 0 Å². The summed E-state index contributed by atoms with van der Waals surface area (Å²) in [7, 11) is 1.52. The number of hydrogen-bond donors (Lipinski definition) is 1. The van der Waals surface area contributed by atoms with Crippen molar-refractivity contribution in [3.05, 3.63) is 11.6 Å². The van der Waals surface area contributed by atoms with Crippen molar-refractivity contribution in [2.24, 2.45) is 28.6 Å². The Balaban J connectivity index is 2.25. The maximum Gasteiger partial charge on any atom is 0.312 e. The van der Waals surface area contributed by atoms with Crippen LogP contribution in [-0.4, -0.2) is 24.8 Å². The number of methoxy groups -OCH3 is 1. The highest BCUT2D eigenvalue weighted by Crippen LogP contribution is 2.58. The third kappa shape index (κ3) is 3.42. The van der Waals surface area contributed by atoms with Gasteiger partial charge in [-0.1, -0.05) is 32.4 Å². The normalized spacial score (nSPS) is 37.3. The molecule has 138 valence electrons. The predicted molar refractivity (Wildman–Crippen MR) is 97.5 cm³/mol. The van der Waals surface area contributed by atoms with Crippen LogP contribution in [-0.2, 0) is 9.53 Å². The zero-order chi connectivity index (χ0) is 18.0. The molecule has 0 spiro atoms. The van der Waals surface area contributed by atoms with Crippen LogP contribution < -0.4 is 0 Å². The Morgan fingerprint density at radius 1 is 1.38 bits per heavy atom. The molecule has 0 bridgehead atoms. The second-order valence-corrected chi connectivity index (χ2v) is 8.71. The molecule has 1 fully saturated rings. The van der Waals surface area contributed by atoms with Gasteiger partial charge < -0.3 is 9.84 Å². The van der Waals surface area contributed by atoms with Crippen molar-refractivity contribution in [3.8, 4) is 0 Å². The number of allylic oxidation sites excluding steroid dienone is 2. The highest BCUT2D eigenvalue weighted by atomic mass is 16.5. The van der Waals surface area contributed by atoms with Gasteiger partial charge in [-0.05, 0) is 75.0 Å². The molecule has 1 N–H and O–H groups in total. The zero-order valence-corrected chi connectivity index (χ0v) is 16.2. The van der Waals surface area contributed by atoms with Gasteiger partial charge in [0.25, 0.3) is 0 Å². The number of ether oxygens (including phenoxy) is 1. The fraction of sp³-hybridized carbons (Fsp3) is 0.857. The van der Waals surface area contributed by atoms with Crippen molar-refractivity contribution in [3.63, 3.8) is 0 Å². The van der Waals surface area contributed by atoms with E-state index in [0.29, 0.717) is 17.8 Å². The van der Waals surface area contributed by atoms with Crippen molar-refractivity contribution in [1.82, 2.24) is 0 Å². The van der Waals surface area contributed by atoms with Crippen LogP contribution in [0.4, 0.5) is 0 Å². The quantitative estimate of drug-likeness (QED) is 0.563. The first-order valence-electron chi connectivity index (χ1n) is 9.69. The van der Waals surface area contributed by atoms with Crippen LogP contribution in [0.1, 0.15) is 72.6 Å². The molecule has 0 aromatic heterocycles. The molecule has 2 aliphatic carbocycles. The molecule has 5 atom stereocenters. The molecule has 2 aliphatic rings. The summed E-state index contributed by atoms with van der Waals surface area (Å²) < 4.78 is 5.17. The summed E-state index contributed by atoms with van der Waals surface area (Å²) in [6.07, 6.45) is 9.76. The molecule has 0 unspecified atom stereocenters. The van der Waals surface area contributed by atoms with Crippen molar-refractivity contribution in [1.29, 1.82) is 0 Å². The third-order valence-electron chi connectivity index (χ3n) is 7.24. The number of aliphatic hydroxyl groups is 1. The van der Waals surface area contributed by atoms with Crippen LogP contribution in [0.2, 0.25) is 0 Å². The SMILES string of the molecule is COC(=O)[C@]1(C)CCC=C2[C@H]1CC[C@H](C)[C@@]2(C)CC[C@H](C)CCO. The molecule has 0 aromatic rings. The Labute approximate surface area is 147 Å². The second kappa shape index (κ2) is 7.59. The number of fused-ring (bicyclic) bond motifs is 1. The van der Waals surface area contributed by atoms with E-state index in [1.165, 1.54) is 19.1 Å². The van der Waals surface area contributed by atoms with Gasteiger partial charge in [-0.15, -0.1) is 0 Å². The Hall–Kier alpha value is -0.830. The molecule has 0 radical (unpaired) electrons. The van der Waals surface area contributed by atoms with Crippen LogP contribution in [0.3, 0.4) is 0 Å². The smallest absolute Gasteiger partial charge is 0.312 e. The van der Waals surface area contributed by atoms with Crippen molar-refractivity contribution in [2.75, 3.05) is 13.7 Å². The Kier molecular flexibility index (Phi) is 6.17. The minimum atomic E-state index is -0.364. The summed E-state index contributed by atoms with van der Waals surface area (Å²) in [5.41, 5.74) is 1.32. The zero-order valence-electron chi connectivity index (χ0n) is 16.2. The Morgan fingerprint density at radius 2 is 2.08 bits per heavy atom. The van der Waals surface area contributed by atoms with Gasteiger partial charge in [0.05, 0.1) is 12.5 Å². The number of carbonyl (C=O) groups is 1. The molecule has 0 amide bonds. The lowest BCUT2D eigenvalue weighted by Gasteiger charge is -2.53. The maximum atomic E-state index is 12.5. The molecule has 3 heteroatoms. The van der Waals surface area contributed by atoms with Gasteiger partial charge >= 0.3 is 5.97 Å². The summed E-state index contributed by atoms with van der Waals surface area (Å²) in [5, 5.41) is 9.17. The van der Waals surface area contributed by atoms with E-state index in [9.17, 15) is 9.90 Å². The van der Waals surface area contributed by atoms with Gasteiger partial charge in [-0.3, -0.25) is 4.79 Å². The van der Waals surface area contributed by atoms with Crippen LogP contribution >= 0.6 is 0 Å². The lowest BCUT2D eigenvalue weighted by atomic mass is 9.51. The standard InChI is InChI=1S/C21H36O3/c1-15(11-14-22)10-13-20(3)16(2)8-9-18-17(20)7-6-12-21(18,4)19(23)24-5/h7,15-16,18,22H,6,8-14H2,1-5H3/t15-,16-,18+,20+,21+/m0/s1. The fourth-order valence-corrected chi connectivity index (χ4v) is 5.09. The summed E-state index contributed by atoms with van der Waals surface area (Å²) >= 11 is 0. The molecule has 0 aliphatic heterocycles. The van der Waals surface area contributed by atoms with Gasteiger partial charge in [0.2, 0.25) is 0 Å². The summed E-state index contributed by atoms with van der Waals surface area (Å²) in [6.45, 7) is 9.40. The molecule has 3 nitrogen and oxygen atoms in total. The molecule has 0 aromatic carbocycles. The fourth-order valence-electron chi connectivity index (χ4n) is 5.09. The average molecular weight is 337 g/mol. The number of aliphatic hydroxyl groups excluding tert-OH is 1. The molecular formula is C21H36O3. The van der Waals surface area contributed by atoms with Crippen LogP contribution in [0.5, 0.6) is 0 Å². The van der Waals surface area contributed by atoms with Crippen molar-refractivity contribution >= 4 is 5.97 Å². The first kappa shape index (κ1) is 19.5. The van der Waals surface area contributed by atoms with Gasteiger partial charge in [0, 0.05) is 6.61 Å². The molecular weight excluding hydrogens is 300 g/mol. The molecule has 24 heavy (non-hydrogen) atoms. The molecule has 1 saturated carbocycles. The monoisotopic (exact) mass is 336 g/mol. The number of carbonyl (C=O) groups excluding carboxylic acids is 1. The average Bonchev–Trinajstić information content (AvgIpc) is 2.56.